The first kappa shape index (κ1) is 23.6. The van der Waals surface area contributed by atoms with Crippen molar-refractivity contribution in [2.45, 2.75) is 11.1 Å². The van der Waals surface area contributed by atoms with E-state index >= 15 is 0 Å². The molecule has 1 atom stereocenters. The van der Waals surface area contributed by atoms with Gasteiger partial charge >= 0.3 is 12.2 Å². The normalized spacial score (nSPS) is 12.7. The number of hydrogen-bond acceptors (Lipinski definition) is 4. The quantitative estimate of drug-likeness (QED) is 0.325. The molecular formula is C23H20F3N5O2S. The molecule has 0 saturated heterocycles. The first-order chi connectivity index (χ1) is 16.1. The molecule has 11 heteroatoms. The van der Waals surface area contributed by atoms with E-state index in [0.717, 1.165) is 23.3 Å². The molecule has 0 aliphatic rings. The van der Waals surface area contributed by atoms with Crippen molar-refractivity contribution in [3.63, 3.8) is 0 Å². The summed E-state index contributed by atoms with van der Waals surface area (Å²) in [5, 5.41) is 5.87. The summed E-state index contributed by atoms with van der Waals surface area (Å²) in [6.45, 7) is 0. The van der Waals surface area contributed by atoms with Gasteiger partial charge in [-0.1, -0.05) is 12.1 Å². The average Bonchev–Trinajstić information content (AvgIpc) is 3.21. The number of urea groups is 1. The highest BCUT2D eigenvalue weighted by Gasteiger charge is 2.30. The zero-order chi connectivity index (χ0) is 24.5. The molecule has 0 bridgehead atoms. The zero-order valence-electron chi connectivity index (χ0n) is 18.1. The van der Waals surface area contributed by atoms with Crippen LogP contribution in [0.4, 0.5) is 29.3 Å². The summed E-state index contributed by atoms with van der Waals surface area (Å²) in [6.07, 6.45) is -1.25. The molecule has 3 N–H and O–H groups in total. The molecule has 4 rings (SSSR count). The topological polar surface area (TPSA) is 96.1 Å². The Labute approximate surface area is 196 Å². The number of nitrogens with zero attached hydrogens (tertiary/aromatic N) is 2. The van der Waals surface area contributed by atoms with Gasteiger partial charge < -0.3 is 20.2 Å². The number of aromatic nitrogens is 2. The standard InChI is InChI=1S/C23H20F3N5O2S/c1-31(2)34(33)17-5-3-4-14(12-17)18-10-11-27-21-20(18)19(13-28-21)30-22(32)29-16-8-6-15(7-9-16)23(24,25)26/h3-13H,1-2H3,(H,27,28)(H2,29,30,32). The molecule has 7 nitrogen and oxygen atoms in total. The molecule has 0 spiro atoms. The van der Waals surface area contributed by atoms with Crippen molar-refractivity contribution in [2.24, 2.45) is 0 Å². The van der Waals surface area contributed by atoms with Gasteiger partial charge in [-0.3, -0.25) is 0 Å². The fourth-order valence-corrected chi connectivity index (χ4v) is 4.25. The third kappa shape index (κ3) is 5.01. The van der Waals surface area contributed by atoms with Gasteiger partial charge in [0, 0.05) is 38.2 Å². The molecule has 176 valence electrons. The largest absolute Gasteiger partial charge is 0.593 e. The molecule has 0 saturated carbocycles. The van der Waals surface area contributed by atoms with E-state index in [-0.39, 0.29) is 5.69 Å². The van der Waals surface area contributed by atoms with Gasteiger partial charge in [-0.2, -0.15) is 13.2 Å². The van der Waals surface area contributed by atoms with Crippen LogP contribution in [0.5, 0.6) is 0 Å². The maximum absolute atomic E-state index is 12.7. The molecular weight excluding hydrogens is 467 g/mol. The number of aromatic amines is 1. The van der Waals surface area contributed by atoms with Crippen molar-refractivity contribution < 1.29 is 22.5 Å². The Kier molecular flexibility index (Phi) is 6.51. The lowest BCUT2D eigenvalue weighted by atomic mass is 10.0. The molecule has 1 unspecified atom stereocenters. The van der Waals surface area contributed by atoms with Gasteiger partial charge in [-0.05, 0) is 47.5 Å². The Morgan fingerprint density at radius 1 is 1.09 bits per heavy atom. The van der Waals surface area contributed by atoms with Gasteiger partial charge in [0.1, 0.15) is 5.65 Å². The molecule has 2 heterocycles. The van der Waals surface area contributed by atoms with Crippen molar-refractivity contribution in [3.05, 3.63) is 72.6 Å². The van der Waals surface area contributed by atoms with Crippen LogP contribution in [0.2, 0.25) is 0 Å². The lowest BCUT2D eigenvalue weighted by Gasteiger charge is -2.16. The molecule has 2 aromatic carbocycles. The van der Waals surface area contributed by atoms with Crippen LogP contribution in [-0.2, 0) is 17.5 Å². The Morgan fingerprint density at radius 3 is 2.50 bits per heavy atom. The Hall–Kier alpha value is -3.54. The minimum absolute atomic E-state index is 0.211. The van der Waals surface area contributed by atoms with Gasteiger partial charge in [-0.25, -0.2) is 9.78 Å². The lowest BCUT2D eigenvalue weighted by molar-refractivity contribution is -0.137. The van der Waals surface area contributed by atoms with E-state index in [9.17, 15) is 22.5 Å². The van der Waals surface area contributed by atoms with Crippen LogP contribution in [0, 0.1) is 0 Å². The van der Waals surface area contributed by atoms with Crippen molar-refractivity contribution in [3.8, 4) is 11.1 Å². The maximum Gasteiger partial charge on any atom is 0.416 e. The van der Waals surface area contributed by atoms with Crippen molar-refractivity contribution in [2.75, 3.05) is 24.7 Å². The van der Waals surface area contributed by atoms with E-state index in [1.165, 1.54) is 12.1 Å². The summed E-state index contributed by atoms with van der Waals surface area (Å²) in [7, 11) is 3.44. The SMILES string of the molecule is CN(C)[S+]([O-])c1cccc(-c2ccnc3[nH]cc(NC(=O)Nc4ccc(C(F)(F)F)cc4)c23)c1. The number of benzene rings is 2. The highest BCUT2D eigenvalue weighted by molar-refractivity contribution is 7.89. The van der Waals surface area contributed by atoms with Crippen molar-refractivity contribution in [1.29, 1.82) is 0 Å². The first-order valence-electron chi connectivity index (χ1n) is 10.0. The van der Waals surface area contributed by atoms with E-state index in [2.05, 4.69) is 20.6 Å². The smallest absolute Gasteiger partial charge is 0.416 e. The van der Waals surface area contributed by atoms with Gasteiger partial charge in [0.25, 0.3) is 0 Å². The number of alkyl halides is 3. The monoisotopic (exact) mass is 487 g/mol. The Balaban J connectivity index is 1.60. The van der Waals surface area contributed by atoms with Crippen LogP contribution in [-0.4, -0.2) is 39.0 Å². The number of hydrogen-bond donors (Lipinski definition) is 3. The van der Waals surface area contributed by atoms with Crippen molar-refractivity contribution >= 4 is 39.8 Å². The number of amides is 2. The fraction of sp³-hybridized carbons (Fsp3) is 0.130. The predicted octanol–water partition coefficient (Wildman–Crippen LogP) is 5.48. The average molecular weight is 488 g/mol. The highest BCUT2D eigenvalue weighted by atomic mass is 32.2. The van der Waals surface area contributed by atoms with Crippen LogP contribution in [0.15, 0.2) is 71.9 Å². The number of pyridine rings is 1. The molecule has 34 heavy (non-hydrogen) atoms. The second-order valence-corrected chi connectivity index (χ2v) is 9.23. The van der Waals surface area contributed by atoms with E-state index in [0.29, 0.717) is 21.6 Å². The van der Waals surface area contributed by atoms with Crippen LogP contribution in [0.3, 0.4) is 0 Å². The molecule has 0 aliphatic heterocycles. The summed E-state index contributed by atoms with van der Waals surface area (Å²) < 4.78 is 52.3. The summed E-state index contributed by atoms with van der Waals surface area (Å²) in [5.74, 6) is 0. The van der Waals surface area contributed by atoms with E-state index in [4.69, 9.17) is 0 Å². The van der Waals surface area contributed by atoms with Gasteiger partial charge in [0.15, 0.2) is 4.90 Å². The molecule has 0 aliphatic carbocycles. The second kappa shape index (κ2) is 9.37. The molecule has 2 amide bonds. The molecule has 4 aromatic rings. The highest BCUT2D eigenvalue weighted by Crippen LogP contribution is 2.34. The third-order valence-electron chi connectivity index (χ3n) is 4.97. The number of nitrogens with one attached hydrogen (secondary N) is 3. The molecule has 0 fully saturated rings. The molecule has 0 radical (unpaired) electrons. The van der Waals surface area contributed by atoms with Crippen LogP contribution in [0.25, 0.3) is 22.2 Å². The first-order valence-corrected chi connectivity index (χ1v) is 11.1. The number of rotatable bonds is 5. The van der Waals surface area contributed by atoms with Gasteiger partial charge in [0.2, 0.25) is 0 Å². The van der Waals surface area contributed by atoms with Crippen molar-refractivity contribution in [1.82, 2.24) is 14.3 Å². The second-order valence-electron chi connectivity index (χ2n) is 7.53. The van der Waals surface area contributed by atoms with E-state index in [1.807, 2.05) is 12.1 Å². The van der Waals surface area contributed by atoms with E-state index < -0.39 is 29.1 Å². The molecule has 2 aromatic heterocycles. The number of halogens is 3. The summed E-state index contributed by atoms with van der Waals surface area (Å²) >= 11 is -1.33. The van der Waals surface area contributed by atoms with E-state index in [1.54, 1.807) is 49.0 Å². The van der Waals surface area contributed by atoms with Gasteiger partial charge in [-0.15, -0.1) is 4.31 Å². The summed E-state index contributed by atoms with van der Waals surface area (Å²) in [5.41, 5.74) is 1.91. The lowest BCUT2D eigenvalue weighted by Crippen LogP contribution is -2.22. The summed E-state index contributed by atoms with van der Waals surface area (Å²) in [6, 6.07) is 12.6. The Bertz CT molecular complexity index is 1320. The number of H-pyrrole nitrogens is 1. The minimum Gasteiger partial charge on any atom is -0.593 e. The third-order valence-corrected chi connectivity index (χ3v) is 6.29. The van der Waals surface area contributed by atoms with Gasteiger partial charge in [0.05, 0.1) is 28.0 Å². The maximum atomic E-state index is 12.7. The number of fused-ring (bicyclic) bond motifs is 1. The van der Waals surface area contributed by atoms with Crippen LogP contribution < -0.4 is 10.6 Å². The van der Waals surface area contributed by atoms with Crippen LogP contribution >= 0.6 is 0 Å². The fourth-order valence-electron chi connectivity index (χ4n) is 3.41. The number of anilines is 2. The zero-order valence-corrected chi connectivity index (χ0v) is 18.9. The minimum atomic E-state index is -4.45. The summed E-state index contributed by atoms with van der Waals surface area (Å²) in [4.78, 5) is 20.5. The number of carbonyl (C=O) groups is 1. The predicted molar refractivity (Wildman–Crippen MR) is 126 cm³/mol. The van der Waals surface area contributed by atoms with Crippen LogP contribution in [0.1, 0.15) is 5.56 Å². The number of carbonyl (C=O) groups excluding carboxylic acids is 1. The Morgan fingerprint density at radius 2 is 1.82 bits per heavy atom.